The third kappa shape index (κ3) is 22.7. The van der Waals surface area contributed by atoms with Crippen LogP contribution >= 0.6 is 0 Å². The predicted octanol–water partition coefficient (Wildman–Crippen LogP) is 10.4. The fourth-order valence-corrected chi connectivity index (χ4v) is 5.41. The summed E-state index contributed by atoms with van der Waals surface area (Å²) in [6.07, 6.45) is 25.7. The minimum absolute atomic E-state index is 0.348. The Kier molecular flexibility index (Phi) is 21.9. The van der Waals surface area contributed by atoms with Gasteiger partial charge in [-0.3, -0.25) is 4.79 Å². The highest BCUT2D eigenvalue weighted by Crippen LogP contribution is 2.28. The monoisotopic (exact) mass is 452 g/mol. The molecule has 0 aromatic heterocycles. The van der Waals surface area contributed by atoms with Crippen LogP contribution < -0.4 is 0 Å². The van der Waals surface area contributed by atoms with Crippen molar-refractivity contribution in [2.45, 2.75) is 163 Å². The van der Waals surface area contributed by atoms with E-state index in [1.807, 2.05) is 0 Å². The number of rotatable bonds is 24. The van der Waals surface area contributed by atoms with Gasteiger partial charge < -0.3 is 5.11 Å². The zero-order valence-corrected chi connectivity index (χ0v) is 22.8. The maximum atomic E-state index is 11.1. The summed E-state index contributed by atoms with van der Waals surface area (Å²) in [7, 11) is 0. The average molecular weight is 453 g/mol. The number of hydrogen-bond donors (Lipinski definition) is 1. The number of carboxylic acids is 1. The van der Waals surface area contributed by atoms with Gasteiger partial charge in [-0.1, -0.05) is 137 Å². The molecule has 0 aromatic rings. The molecule has 0 rings (SSSR count). The summed E-state index contributed by atoms with van der Waals surface area (Å²) in [6.45, 7) is 11.7. The van der Waals surface area contributed by atoms with Crippen LogP contribution in [0.5, 0.6) is 0 Å². The van der Waals surface area contributed by atoms with Gasteiger partial charge in [-0.2, -0.15) is 0 Å². The molecule has 0 aliphatic carbocycles. The molecule has 3 atom stereocenters. The maximum Gasteiger partial charge on any atom is 0.303 e. The zero-order chi connectivity index (χ0) is 24.0. The Hall–Kier alpha value is -0.530. The van der Waals surface area contributed by atoms with E-state index in [1.165, 1.54) is 116 Å². The highest BCUT2D eigenvalue weighted by Gasteiger charge is 2.15. The van der Waals surface area contributed by atoms with Gasteiger partial charge in [-0.15, -0.1) is 0 Å². The first-order valence-electron chi connectivity index (χ1n) is 14.6. The van der Waals surface area contributed by atoms with Crippen LogP contribution in [0.15, 0.2) is 0 Å². The summed E-state index contributed by atoms with van der Waals surface area (Å²) in [5, 5.41) is 9.14. The van der Waals surface area contributed by atoms with E-state index in [0.29, 0.717) is 12.3 Å². The molecule has 0 aliphatic rings. The summed E-state index contributed by atoms with van der Waals surface area (Å²) in [6, 6.07) is 0. The number of hydrogen-bond acceptors (Lipinski definition) is 1. The van der Waals surface area contributed by atoms with Crippen LogP contribution in [-0.4, -0.2) is 11.1 Å². The van der Waals surface area contributed by atoms with Crippen molar-refractivity contribution < 1.29 is 9.90 Å². The van der Waals surface area contributed by atoms with Crippen molar-refractivity contribution in [2.24, 2.45) is 23.7 Å². The largest absolute Gasteiger partial charge is 0.481 e. The Bertz CT molecular complexity index is 404. The van der Waals surface area contributed by atoms with Crippen molar-refractivity contribution in [2.75, 3.05) is 0 Å². The summed E-state index contributed by atoms with van der Waals surface area (Å²) in [5.74, 6) is 2.36. The van der Waals surface area contributed by atoms with E-state index < -0.39 is 5.97 Å². The molecule has 32 heavy (non-hydrogen) atoms. The molecule has 0 spiro atoms. The summed E-state index contributed by atoms with van der Waals surface area (Å²) in [5.41, 5.74) is 0. The van der Waals surface area contributed by atoms with E-state index in [9.17, 15) is 4.79 Å². The zero-order valence-electron chi connectivity index (χ0n) is 22.8. The quantitative estimate of drug-likeness (QED) is 0.148. The summed E-state index contributed by atoms with van der Waals surface area (Å²) >= 11 is 0. The molecule has 192 valence electrons. The molecule has 0 fully saturated rings. The molecule has 0 saturated carbocycles. The molecule has 0 amide bonds. The van der Waals surface area contributed by atoms with Gasteiger partial charge in [-0.25, -0.2) is 0 Å². The van der Waals surface area contributed by atoms with E-state index in [-0.39, 0.29) is 0 Å². The fourth-order valence-electron chi connectivity index (χ4n) is 5.41. The van der Waals surface area contributed by atoms with Crippen LogP contribution in [0.25, 0.3) is 0 Å². The van der Waals surface area contributed by atoms with E-state index in [0.717, 1.165) is 24.2 Å². The molecule has 1 N–H and O–H groups in total. The first kappa shape index (κ1) is 31.5. The second-order valence-electron chi connectivity index (χ2n) is 11.5. The highest BCUT2D eigenvalue weighted by atomic mass is 16.4. The minimum atomic E-state index is -0.625. The van der Waals surface area contributed by atoms with Crippen LogP contribution in [0.1, 0.15) is 163 Å². The SMILES string of the molecule is CCCCCCCCCCCCCCC(CCC(=O)O)CC(C)CCCC(C)CC(C)C. The Morgan fingerprint density at radius 3 is 1.53 bits per heavy atom. The fraction of sp³-hybridized carbons (Fsp3) is 0.967. The van der Waals surface area contributed by atoms with Crippen LogP contribution in [0.3, 0.4) is 0 Å². The van der Waals surface area contributed by atoms with Gasteiger partial charge in [0.1, 0.15) is 0 Å². The minimum Gasteiger partial charge on any atom is -0.481 e. The molecule has 0 heterocycles. The lowest BCUT2D eigenvalue weighted by Crippen LogP contribution is -2.10. The van der Waals surface area contributed by atoms with E-state index in [2.05, 4.69) is 34.6 Å². The molecule has 0 bridgehead atoms. The van der Waals surface area contributed by atoms with Gasteiger partial charge in [0.05, 0.1) is 0 Å². The third-order valence-corrected chi connectivity index (χ3v) is 7.24. The Morgan fingerprint density at radius 2 is 1.06 bits per heavy atom. The highest BCUT2D eigenvalue weighted by molar-refractivity contribution is 5.66. The van der Waals surface area contributed by atoms with Crippen molar-refractivity contribution in [3.8, 4) is 0 Å². The lowest BCUT2D eigenvalue weighted by molar-refractivity contribution is -0.137. The lowest BCUT2D eigenvalue weighted by atomic mass is 9.84. The van der Waals surface area contributed by atoms with Crippen molar-refractivity contribution in [1.82, 2.24) is 0 Å². The lowest BCUT2D eigenvalue weighted by Gasteiger charge is -2.21. The second-order valence-corrected chi connectivity index (χ2v) is 11.5. The Morgan fingerprint density at radius 1 is 0.594 bits per heavy atom. The molecule has 2 nitrogen and oxygen atoms in total. The topological polar surface area (TPSA) is 37.3 Å². The van der Waals surface area contributed by atoms with Crippen molar-refractivity contribution >= 4 is 5.97 Å². The van der Waals surface area contributed by atoms with Gasteiger partial charge in [0.25, 0.3) is 0 Å². The van der Waals surface area contributed by atoms with Crippen LogP contribution in [0.4, 0.5) is 0 Å². The van der Waals surface area contributed by atoms with E-state index >= 15 is 0 Å². The third-order valence-electron chi connectivity index (χ3n) is 7.24. The first-order valence-corrected chi connectivity index (χ1v) is 14.6. The Balaban J connectivity index is 3.90. The van der Waals surface area contributed by atoms with Crippen LogP contribution in [0.2, 0.25) is 0 Å². The van der Waals surface area contributed by atoms with E-state index in [4.69, 9.17) is 5.11 Å². The maximum absolute atomic E-state index is 11.1. The first-order chi connectivity index (χ1) is 15.3. The standard InChI is InChI=1S/C30H60O2/c1-6-7-8-9-10-11-12-13-14-15-16-17-21-29(22-23-30(31)32)25-28(5)20-18-19-27(4)24-26(2)3/h26-29H,6-25H2,1-5H3,(H,31,32). The molecular formula is C30H60O2. The van der Waals surface area contributed by atoms with Crippen molar-refractivity contribution in [1.29, 1.82) is 0 Å². The Labute approximate surface area is 202 Å². The molecule has 0 saturated heterocycles. The number of carboxylic acid groups (broad SMARTS) is 1. The number of unbranched alkanes of at least 4 members (excludes halogenated alkanes) is 11. The van der Waals surface area contributed by atoms with Gasteiger partial charge in [0.15, 0.2) is 0 Å². The van der Waals surface area contributed by atoms with Gasteiger partial charge in [0.2, 0.25) is 0 Å². The molecule has 0 aromatic carbocycles. The van der Waals surface area contributed by atoms with Crippen molar-refractivity contribution in [3.63, 3.8) is 0 Å². The van der Waals surface area contributed by atoms with Crippen LogP contribution in [0, 0.1) is 23.7 Å². The van der Waals surface area contributed by atoms with E-state index in [1.54, 1.807) is 0 Å². The molecule has 2 heteroatoms. The second kappa shape index (κ2) is 22.3. The average Bonchev–Trinajstić information content (AvgIpc) is 2.71. The molecule has 0 aliphatic heterocycles. The normalized spacial score (nSPS) is 14.6. The number of aliphatic carboxylic acids is 1. The predicted molar refractivity (Wildman–Crippen MR) is 142 cm³/mol. The van der Waals surface area contributed by atoms with Crippen LogP contribution in [-0.2, 0) is 4.79 Å². The van der Waals surface area contributed by atoms with Gasteiger partial charge in [0, 0.05) is 6.42 Å². The summed E-state index contributed by atoms with van der Waals surface area (Å²) < 4.78 is 0. The van der Waals surface area contributed by atoms with Gasteiger partial charge in [-0.05, 0) is 42.9 Å². The molecule has 3 unspecified atom stereocenters. The summed E-state index contributed by atoms with van der Waals surface area (Å²) in [4.78, 5) is 11.1. The van der Waals surface area contributed by atoms with Crippen molar-refractivity contribution in [3.05, 3.63) is 0 Å². The molecular weight excluding hydrogens is 392 g/mol. The van der Waals surface area contributed by atoms with Gasteiger partial charge >= 0.3 is 5.97 Å². The molecule has 0 radical (unpaired) electrons. The number of carbonyl (C=O) groups is 1. The smallest absolute Gasteiger partial charge is 0.303 e.